The van der Waals surface area contributed by atoms with Gasteiger partial charge in [0.25, 0.3) is 0 Å². The molecule has 5 nitrogen and oxygen atoms in total. The summed E-state index contributed by atoms with van der Waals surface area (Å²) in [5.74, 6) is 0.839. The van der Waals surface area contributed by atoms with Gasteiger partial charge in [0.2, 0.25) is 0 Å². The molecule has 3 rings (SSSR count). The van der Waals surface area contributed by atoms with Crippen molar-refractivity contribution in [2.45, 2.75) is 29.0 Å². The molecule has 24 heavy (non-hydrogen) atoms. The third-order valence-corrected chi connectivity index (χ3v) is 5.54. The Morgan fingerprint density at radius 1 is 1.25 bits per heavy atom. The molecule has 0 saturated heterocycles. The van der Waals surface area contributed by atoms with Crippen LogP contribution in [0.15, 0.2) is 52.5 Å². The second-order valence-electron chi connectivity index (χ2n) is 5.82. The molecule has 7 heteroatoms. The molecule has 1 saturated carbocycles. The van der Waals surface area contributed by atoms with Crippen molar-refractivity contribution < 1.29 is 0 Å². The Bertz CT molecular complexity index is 667. The van der Waals surface area contributed by atoms with E-state index in [9.17, 15) is 0 Å². The van der Waals surface area contributed by atoms with Gasteiger partial charge in [-0.15, -0.1) is 35.7 Å². The molecule has 2 N–H and O–H groups in total. The van der Waals surface area contributed by atoms with Crippen molar-refractivity contribution in [3.8, 4) is 0 Å². The summed E-state index contributed by atoms with van der Waals surface area (Å²) in [6.07, 6.45) is 4.31. The van der Waals surface area contributed by atoms with Gasteiger partial charge in [-0.2, -0.15) is 5.10 Å². The van der Waals surface area contributed by atoms with Gasteiger partial charge in [-0.1, -0.05) is 18.2 Å². The second-order valence-corrected chi connectivity index (χ2v) is 7.37. The first-order valence-electron chi connectivity index (χ1n) is 7.86. The van der Waals surface area contributed by atoms with Crippen LogP contribution in [0.5, 0.6) is 0 Å². The van der Waals surface area contributed by atoms with Crippen LogP contribution in [0.2, 0.25) is 0 Å². The number of thioether (sulfide) groups is 1. The van der Waals surface area contributed by atoms with Crippen LogP contribution in [0.1, 0.15) is 18.5 Å². The standard InChI is InChI=1S/C17H23N5S.HI/c1-18-16(19-12-14-8-11-21-22(14)2)20-13-17(9-10-17)23-15-6-4-3-5-7-15;/h3-8,11H,9-10,12-13H2,1-2H3,(H2,18,19,20);1H. The SMILES string of the molecule is CN=C(NCc1ccnn1C)NCC1(Sc2ccccc2)CC1.I. The van der Waals surface area contributed by atoms with Crippen molar-refractivity contribution >= 4 is 41.7 Å². The number of guanidine groups is 1. The minimum atomic E-state index is 0. The lowest BCUT2D eigenvalue weighted by Gasteiger charge is -2.18. The number of aliphatic imine (C=N–C) groups is 1. The molecule has 1 fully saturated rings. The summed E-state index contributed by atoms with van der Waals surface area (Å²) in [6, 6.07) is 12.6. The molecule has 0 atom stereocenters. The van der Waals surface area contributed by atoms with Gasteiger partial charge in [0.05, 0.1) is 12.2 Å². The minimum Gasteiger partial charge on any atom is -0.355 e. The van der Waals surface area contributed by atoms with Gasteiger partial charge in [0, 0.05) is 36.5 Å². The summed E-state index contributed by atoms with van der Waals surface area (Å²) in [5, 5.41) is 11.0. The largest absolute Gasteiger partial charge is 0.355 e. The van der Waals surface area contributed by atoms with Crippen molar-refractivity contribution in [2.75, 3.05) is 13.6 Å². The van der Waals surface area contributed by atoms with Crippen molar-refractivity contribution in [1.82, 2.24) is 20.4 Å². The van der Waals surface area contributed by atoms with Crippen LogP contribution in [0.4, 0.5) is 0 Å². The van der Waals surface area contributed by atoms with Gasteiger partial charge in [-0.25, -0.2) is 0 Å². The fourth-order valence-electron chi connectivity index (χ4n) is 2.41. The Morgan fingerprint density at radius 3 is 2.58 bits per heavy atom. The smallest absolute Gasteiger partial charge is 0.191 e. The number of nitrogens with zero attached hydrogens (tertiary/aromatic N) is 3. The van der Waals surface area contributed by atoms with Crippen LogP contribution in [0.3, 0.4) is 0 Å². The Balaban J connectivity index is 0.00000208. The van der Waals surface area contributed by atoms with E-state index in [1.165, 1.54) is 17.7 Å². The molecule has 0 bridgehead atoms. The molecular formula is C17H24IN5S. The number of hydrogen-bond donors (Lipinski definition) is 2. The fraction of sp³-hybridized carbons (Fsp3) is 0.412. The maximum Gasteiger partial charge on any atom is 0.191 e. The molecule has 0 aliphatic heterocycles. The van der Waals surface area contributed by atoms with E-state index in [0.29, 0.717) is 4.75 Å². The van der Waals surface area contributed by atoms with Crippen LogP contribution >= 0.6 is 35.7 Å². The number of rotatable bonds is 6. The zero-order chi connectivity index (χ0) is 16.1. The highest BCUT2D eigenvalue weighted by molar-refractivity contribution is 14.0. The first-order chi connectivity index (χ1) is 11.2. The van der Waals surface area contributed by atoms with Gasteiger partial charge in [-0.05, 0) is 31.0 Å². The van der Waals surface area contributed by atoms with Crippen molar-refractivity contribution in [3.05, 3.63) is 48.3 Å². The van der Waals surface area contributed by atoms with Crippen LogP contribution in [-0.4, -0.2) is 34.1 Å². The lowest BCUT2D eigenvalue weighted by atomic mass is 10.4. The summed E-state index contributed by atoms with van der Waals surface area (Å²) >= 11 is 1.97. The fourth-order valence-corrected chi connectivity index (χ4v) is 3.65. The van der Waals surface area contributed by atoms with Gasteiger partial charge in [-0.3, -0.25) is 9.67 Å². The average Bonchev–Trinajstić information content (AvgIpc) is 3.21. The Morgan fingerprint density at radius 2 is 2.00 bits per heavy atom. The zero-order valence-corrected chi connectivity index (χ0v) is 17.2. The predicted octanol–water partition coefficient (Wildman–Crippen LogP) is 3.03. The molecular weight excluding hydrogens is 433 g/mol. The van der Waals surface area contributed by atoms with Crippen molar-refractivity contribution in [1.29, 1.82) is 0 Å². The van der Waals surface area contributed by atoms with Gasteiger partial charge in [0.1, 0.15) is 0 Å². The highest BCUT2D eigenvalue weighted by Crippen LogP contribution is 2.51. The zero-order valence-electron chi connectivity index (χ0n) is 14.0. The molecule has 1 aromatic heterocycles. The normalized spacial score (nSPS) is 15.5. The van der Waals surface area contributed by atoms with E-state index >= 15 is 0 Å². The molecule has 0 amide bonds. The summed E-state index contributed by atoms with van der Waals surface area (Å²) in [7, 11) is 3.76. The summed E-state index contributed by atoms with van der Waals surface area (Å²) in [6.45, 7) is 1.65. The van der Waals surface area contributed by atoms with E-state index in [1.807, 2.05) is 42.8 Å². The molecule has 0 spiro atoms. The predicted molar refractivity (Wildman–Crippen MR) is 111 cm³/mol. The number of benzene rings is 1. The second kappa shape index (κ2) is 8.75. The quantitative estimate of drug-likeness (QED) is 0.398. The van der Waals surface area contributed by atoms with Gasteiger partial charge < -0.3 is 10.6 Å². The Kier molecular flexibility index (Phi) is 6.97. The molecule has 0 radical (unpaired) electrons. The van der Waals surface area contributed by atoms with Crippen LogP contribution in [0, 0.1) is 0 Å². The van der Waals surface area contributed by atoms with E-state index < -0.39 is 0 Å². The van der Waals surface area contributed by atoms with Gasteiger partial charge in [0.15, 0.2) is 5.96 Å². The van der Waals surface area contributed by atoms with E-state index in [0.717, 1.165) is 24.7 Å². The van der Waals surface area contributed by atoms with Crippen LogP contribution < -0.4 is 10.6 Å². The van der Waals surface area contributed by atoms with E-state index in [-0.39, 0.29) is 24.0 Å². The highest BCUT2D eigenvalue weighted by Gasteiger charge is 2.43. The number of aryl methyl sites for hydroxylation is 1. The monoisotopic (exact) mass is 457 g/mol. The number of halogens is 1. The summed E-state index contributed by atoms with van der Waals surface area (Å²) < 4.78 is 2.18. The molecule has 1 aromatic carbocycles. The lowest BCUT2D eigenvalue weighted by molar-refractivity contribution is 0.682. The summed E-state index contributed by atoms with van der Waals surface area (Å²) in [5.41, 5.74) is 1.13. The molecule has 0 unspecified atom stereocenters. The Labute approximate surface area is 164 Å². The third-order valence-electron chi connectivity index (χ3n) is 4.05. The van der Waals surface area contributed by atoms with Gasteiger partial charge >= 0.3 is 0 Å². The lowest BCUT2D eigenvalue weighted by Crippen LogP contribution is -2.41. The maximum atomic E-state index is 4.31. The van der Waals surface area contributed by atoms with E-state index in [2.05, 4.69) is 51.1 Å². The maximum absolute atomic E-state index is 4.31. The van der Waals surface area contributed by atoms with Crippen molar-refractivity contribution in [2.24, 2.45) is 12.0 Å². The average molecular weight is 457 g/mol. The minimum absolute atomic E-state index is 0. The Hall–Kier alpha value is -1.22. The first-order valence-corrected chi connectivity index (χ1v) is 8.68. The van der Waals surface area contributed by atoms with Crippen LogP contribution in [-0.2, 0) is 13.6 Å². The number of nitrogens with one attached hydrogen (secondary N) is 2. The molecule has 2 aromatic rings. The third kappa shape index (κ3) is 5.14. The number of aromatic nitrogens is 2. The van der Waals surface area contributed by atoms with Crippen LogP contribution in [0.25, 0.3) is 0 Å². The topological polar surface area (TPSA) is 54.2 Å². The highest BCUT2D eigenvalue weighted by atomic mass is 127. The molecule has 130 valence electrons. The van der Waals surface area contributed by atoms with E-state index in [4.69, 9.17) is 0 Å². The molecule has 1 aliphatic carbocycles. The molecule has 1 heterocycles. The number of hydrogen-bond acceptors (Lipinski definition) is 3. The summed E-state index contributed by atoms with van der Waals surface area (Å²) in [4.78, 5) is 5.65. The first kappa shape index (κ1) is 19.1. The van der Waals surface area contributed by atoms with Crippen molar-refractivity contribution in [3.63, 3.8) is 0 Å². The van der Waals surface area contributed by atoms with E-state index in [1.54, 1.807) is 0 Å². The molecule has 1 aliphatic rings.